The Morgan fingerprint density at radius 1 is 1.19 bits per heavy atom. The SMILES string of the molecule is C.CCOC(=O)[C@@H](Cc1ccccc1)NC(=O)c1cc(Br)c(OCCCCN)cc1O.Cl. The number of nitrogens with two attached hydrogens (primary N) is 1. The van der Waals surface area contributed by atoms with Crippen LogP contribution in [0.4, 0.5) is 0 Å². The zero-order chi connectivity index (χ0) is 21.9. The fourth-order valence-electron chi connectivity index (χ4n) is 2.79. The van der Waals surface area contributed by atoms with Crippen molar-refractivity contribution in [3.63, 3.8) is 0 Å². The zero-order valence-corrected chi connectivity index (χ0v) is 19.7. The summed E-state index contributed by atoms with van der Waals surface area (Å²) in [6.45, 7) is 2.93. The molecule has 1 amide bonds. The maximum Gasteiger partial charge on any atom is 0.328 e. The third kappa shape index (κ3) is 9.06. The van der Waals surface area contributed by atoms with Crippen molar-refractivity contribution in [2.75, 3.05) is 19.8 Å². The van der Waals surface area contributed by atoms with Crippen LogP contribution in [0.1, 0.15) is 43.1 Å². The Balaban J connectivity index is 0.00000480. The Kier molecular flexibility index (Phi) is 14.4. The molecule has 0 saturated heterocycles. The Morgan fingerprint density at radius 2 is 1.88 bits per heavy atom. The van der Waals surface area contributed by atoms with Gasteiger partial charge >= 0.3 is 5.97 Å². The standard InChI is InChI=1S/C22H27BrN2O5.CH4.ClH/c1-2-29-22(28)18(12-15-8-4-3-5-9-15)25-21(27)16-13-17(23)20(14-19(16)26)30-11-7-6-10-24;;/h3-5,8-9,13-14,18,26H,2,6-7,10-12,24H2,1H3,(H,25,27);1H4;1H/t18-;;/m1../s1. The van der Waals surface area contributed by atoms with Crippen molar-refractivity contribution in [2.45, 2.75) is 39.7 Å². The molecule has 0 fully saturated rings. The fraction of sp³-hybridized carbons (Fsp3) is 0.391. The predicted molar refractivity (Wildman–Crippen MR) is 132 cm³/mol. The lowest BCUT2D eigenvalue weighted by molar-refractivity contribution is -0.145. The molecule has 9 heteroatoms. The highest BCUT2D eigenvalue weighted by Crippen LogP contribution is 2.32. The van der Waals surface area contributed by atoms with Gasteiger partial charge in [0.05, 0.1) is 23.2 Å². The molecule has 4 N–H and O–H groups in total. The van der Waals surface area contributed by atoms with Crippen LogP contribution in [-0.2, 0) is 16.0 Å². The van der Waals surface area contributed by atoms with E-state index in [2.05, 4.69) is 21.2 Å². The molecule has 0 spiro atoms. The molecular weight excluding hydrogens is 500 g/mol. The molecule has 0 saturated carbocycles. The van der Waals surface area contributed by atoms with Crippen molar-refractivity contribution >= 4 is 40.2 Å². The molecule has 7 nitrogen and oxygen atoms in total. The molecule has 0 unspecified atom stereocenters. The van der Waals surface area contributed by atoms with E-state index in [9.17, 15) is 14.7 Å². The van der Waals surface area contributed by atoms with E-state index in [0.717, 1.165) is 18.4 Å². The summed E-state index contributed by atoms with van der Waals surface area (Å²) in [4.78, 5) is 25.1. The van der Waals surface area contributed by atoms with Crippen molar-refractivity contribution in [3.05, 3.63) is 58.1 Å². The Bertz CT molecular complexity index is 852. The van der Waals surface area contributed by atoms with E-state index >= 15 is 0 Å². The maximum atomic E-state index is 12.8. The molecule has 0 heterocycles. The third-order valence-electron chi connectivity index (χ3n) is 4.31. The molecule has 2 aromatic rings. The molecule has 0 aliphatic heterocycles. The number of benzene rings is 2. The summed E-state index contributed by atoms with van der Waals surface area (Å²) in [5, 5.41) is 13.0. The monoisotopic (exact) mass is 530 g/mol. The quantitative estimate of drug-likeness (QED) is 0.295. The number of unbranched alkanes of at least 4 members (excludes halogenated alkanes) is 1. The van der Waals surface area contributed by atoms with Crippen LogP contribution in [0.3, 0.4) is 0 Å². The number of halogens is 2. The van der Waals surface area contributed by atoms with Crippen LogP contribution in [0.2, 0.25) is 0 Å². The number of amides is 1. The van der Waals surface area contributed by atoms with E-state index in [1.807, 2.05) is 30.3 Å². The summed E-state index contributed by atoms with van der Waals surface area (Å²) in [5.74, 6) is -0.941. The number of carbonyl (C=O) groups is 2. The van der Waals surface area contributed by atoms with Gasteiger partial charge in [0, 0.05) is 12.5 Å². The number of rotatable bonds is 11. The van der Waals surface area contributed by atoms with Gasteiger partial charge < -0.3 is 25.6 Å². The van der Waals surface area contributed by atoms with Crippen LogP contribution >= 0.6 is 28.3 Å². The minimum atomic E-state index is -0.884. The van der Waals surface area contributed by atoms with Gasteiger partial charge in [0.2, 0.25) is 0 Å². The van der Waals surface area contributed by atoms with Crippen LogP contribution in [0.25, 0.3) is 0 Å². The maximum absolute atomic E-state index is 12.8. The first-order valence-electron chi connectivity index (χ1n) is 9.83. The highest BCUT2D eigenvalue weighted by molar-refractivity contribution is 9.10. The van der Waals surface area contributed by atoms with Gasteiger partial charge in [-0.25, -0.2) is 4.79 Å². The Labute approximate surface area is 204 Å². The van der Waals surface area contributed by atoms with Gasteiger partial charge in [-0.3, -0.25) is 4.79 Å². The van der Waals surface area contributed by atoms with Gasteiger partial charge in [-0.2, -0.15) is 0 Å². The van der Waals surface area contributed by atoms with Crippen molar-refractivity contribution < 1.29 is 24.2 Å². The second-order valence-corrected chi connectivity index (χ2v) is 7.47. The molecule has 0 aromatic heterocycles. The number of phenolic OH excluding ortho intramolecular Hbond substituents is 1. The zero-order valence-electron chi connectivity index (χ0n) is 17.3. The summed E-state index contributed by atoms with van der Waals surface area (Å²) >= 11 is 3.36. The number of carbonyl (C=O) groups excluding carboxylic acids is 2. The van der Waals surface area contributed by atoms with Crippen LogP contribution in [0.15, 0.2) is 46.9 Å². The van der Waals surface area contributed by atoms with E-state index in [1.165, 1.54) is 12.1 Å². The number of hydrogen-bond acceptors (Lipinski definition) is 6. The first-order valence-corrected chi connectivity index (χ1v) is 10.6. The molecule has 2 rings (SSSR count). The van der Waals surface area contributed by atoms with Gasteiger partial charge in [-0.05, 0) is 53.9 Å². The molecule has 1 atom stereocenters. The van der Waals surface area contributed by atoms with Gasteiger partial charge in [0.25, 0.3) is 5.91 Å². The molecule has 2 aromatic carbocycles. The number of esters is 1. The lowest BCUT2D eigenvalue weighted by Crippen LogP contribution is -2.43. The molecule has 32 heavy (non-hydrogen) atoms. The first-order chi connectivity index (χ1) is 14.5. The van der Waals surface area contributed by atoms with Gasteiger partial charge in [0.15, 0.2) is 0 Å². The van der Waals surface area contributed by atoms with E-state index < -0.39 is 17.9 Å². The van der Waals surface area contributed by atoms with E-state index in [1.54, 1.807) is 6.92 Å². The van der Waals surface area contributed by atoms with Crippen molar-refractivity contribution in [1.29, 1.82) is 0 Å². The Hall–Kier alpha value is -2.29. The number of ether oxygens (including phenoxy) is 2. The van der Waals surface area contributed by atoms with E-state index in [4.69, 9.17) is 15.2 Å². The van der Waals surface area contributed by atoms with Crippen molar-refractivity contribution in [1.82, 2.24) is 5.32 Å². The topological polar surface area (TPSA) is 111 Å². The largest absolute Gasteiger partial charge is 0.507 e. The summed E-state index contributed by atoms with van der Waals surface area (Å²) in [5.41, 5.74) is 6.37. The minimum absolute atomic E-state index is 0. The highest BCUT2D eigenvalue weighted by Gasteiger charge is 2.25. The summed E-state index contributed by atoms with van der Waals surface area (Å²) in [6.07, 6.45) is 1.89. The molecule has 0 bridgehead atoms. The molecular formula is C23H32BrClN2O5. The lowest BCUT2D eigenvalue weighted by atomic mass is 10.1. The van der Waals surface area contributed by atoms with Gasteiger partial charge in [-0.15, -0.1) is 12.4 Å². The third-order valence-corrected chi connectivity index (χ3v) is 4.93. The molecule has 0 radical (unpaired) electrons. The van der Waals surface area contributed by atoms with Gasteiger partial charge in [0.1, 0.15) is 17.5 Å². The number of aromatic hydroxyl groups is 1. The highest BCUT2D eigenvalue weighted by atomic mass is 79.9. The lowest BCUT2D eigenvalue weighted by Gasteiger charge is -2.18. The van der Waals surface area contributed by atoms with Crippen molar-refractivity contribution in [2.24, 2.45) is 5.73 Å². The van der Waals surface area contributed by atoms with Crippen LogP contribution in [-0.4, -0.2) is 42.8 Å². The molecule has 0 aliphatic rings. The Morgan fingerprint density at radius 3 is 2.50 bits per heavy atom. The smallest absolute Gasteiger partial charge is 0.328 e. The summed E-state index contributed by atoms with van der Waals surface area (Å²) in [6, 6.07) is 11.3. The minimum Gasteiger partial charge on any atom is -0.507 e. The van der Waals surface area contributed by atoms with E-state index in [0.29, 0.717) is 23.4 Å². The molecule has 178 valence electrons. The second kappa shape index (κ2) is 15.5. The molecule has 0 aliphatic carbocycles. The summed E-state index contributed by atoms with van der Waals surface area (Å²) < 4.78 is 11.2. The summed E-state index contributed by atoms with van der Waals surface area (Å²) in [7, 11) is 0. The second-order valence-electron chi connectivity index (χ2n) is 6.61. The van der Waals surface area contributed by atoms with Crippen LogP contribution < -0.4 is 15.8 Å². The normalized spacial score (nSPS) is 10.8. The van der Waals surface area contributed by atoms with Crippen LogP contribution in [0, 0.1) is 0 Å². The number of phenols is 1. The first kappa shape index (κ1) is 29.7. The van der Waals surface area contributed by atoms with Crippen LogP contribution in [0.5, 0.6) is 11.5 Å². The average molecular weight is 532 g/mol. The number of nitrogens with one attached hydrogen (secondary N) is 1. The van der Waals surface area contributed by atoms with Crippen molar-refractivity contribution in [3.8, 4) is 11.5 Å². The fourth-order valence-corrected chi connectivity index (χ4v) is 3.24. The predicted octanol–water partition coefficient (Wildman–Crippen LogP) is 4.23. The van der Waals surface area contributed by atoms with Gasteiger partial charge in [-0.1, -0.05) is 37.8 Å². The number of hydrogen-bond donors (Lipinski definition) is 3. The average Bonchev–Trinajstić information content (AvgIpc) is 2.73. The van der Waals surface area contributed by atoms with E-state index in [-0.39, 0.29) is 44.2 Å².